The van der Waals surface area contributed by atoms with Gasteiger partial charge < -0.3 is 10.4 Å². The first-order valence-electron chi connectivity index (χ1n) is 6.98. The van der Waals surface area contributed by atoms with Crippen molar-refractivity contribution in [1.82, 2.24) is 10.2 Å². The van der Waals surface area contributed by atoms with Gasteiger partial charge in [-0.15, -0.1) is 0 Å². The predicted octanol–water partition coefficient (Wildman–Crippen LogP) is 1.84. The summed E-state index contributed by atoms with van der Waals surface area (Å²) in [6.45, 7) is 6.21. The van der Waals surface area contributed by atoms with E-state index in [9.17, 15) is 18.7 Å². The van der Waals surface area contributed by atoms with E-state index >= 15 is 0 Å². The summed E-state index contributed by atoms with van der Waals surface area (Å²) in [6, 6.07) is 2.98. The van der Waals surface area contributed by atoms with Crippen molar-refractivity contribution in [3.05, 3.63) is 35.4 Å². The second kappa shape index (κ2) is 8.05. The Kier molecular flexibility index (Phi) is 6.71. The van der Waals surface area contributed by atoms with Crippen LogP contribution < -0.4 is 5.32 Å². The molecule has 1 atom stereocenters. The number of halogens is 2. The lowest BCUT2D eigenvalue weighted by atomic mass is 10.1. The lowest BCUT2D eigenvalue weighted by Crippen LogP contribution is -2.41. The van der Waals surface area contributed by atoms with E-state index in [-0.39, 0.29) is 30.6 Å². The van der Waals surface area contributed by atoms with Crippen LogP contribution in [0.2, 0.25) is 0 Å². The molecule has 0 bridgehead atoms. The smallest absolute Gasteiger partial charge is 0.234 e. The molecule has 1 amide bonds. The van der Waals surface area contributed by atoms with Crippen LogP contribution in [0.1, 0.15) is 32.4 Å². The molecule has 0 radical (unpaired) electrons. The van der Waals surface area contributed by atoms with Crippen molar-refractivity contribution in [3.63, 3.8) is 0 Å². The molecule has 1 aromatic rings. The zero-order chi connectivity index (χ0) is 16.0. The molecule has 0 fully saturated rings. The molecule has 1 unspecified atom stereocenters. The summed E-state index contributed by atoms with van der Waals surface area (Å²) in [4.78, 5) is 13.4. The van der Waals surface area contributed by atoms with Crippen molar-refractivity contribution < 1.29 is 18.7 Å². The van der Waals surface area contributed by atoms with Crippen LogP contribution in [0.5, 0.6) is 0 Å². The Morgan fingerprint density at radius 2 is 2.05 bits per heavy atom. The van der Waals surface area contributed by atoms with Gasteiger partial charge in [0.2, 0.25) is 5.91 Å². The maximum Gasteiger partial charge on any atom is 0.234 e. The average Bonchev–Trinajstić information content (AvgIpc) is 2.39. The third-order valence-electron chi connectivity index (χ3n) is 3.01. The van der Waals surface area contributed by atoms with Crippen molar-refractivity contribution >= 4 is 5.91 Å². The SMILES string of the molecule is CCN(CC(=O)NC(C)C)CC(O)c1cc(F)ccc1F. The fourth-order valence-electron chi connectivity index (χ4n) is 1.99. The zero-order valence-corrected chi connectivity index (χ0v) is 12.6. The fourth-order valence-corrected chi connectivity index (χ4v) is 1.99. The molecule has 0 spiro atoms. The Labute approximate surface area is 123 Å². The number of carbonyl (C=O) groups excluding carboxylic acids is 1. The minimum absolute atomic E-state index is 0.0294. The first-order chi connectivity index (χ1) is 9.83. The van der Waals surface area contributed by atoms with Crippen LogP contribution in [0.3, 0.4) is 0 Å². The molecule has 0 heterocycles. The standard InChI is InChI=1S/C15H22F2N2O2/c1-4-19(9-15(21)18-10(2)3)8-14(20)12-7-11(16)5-6-13(12)17/h5-7,10,14,20H,4,8-9H2,1-3H3,(H,18,21). The topological polar surface area (TPSA) is 52.6 Å². The van der Waals surface area contributed by atoms with Gasteiger partial charge in [-0.2, -0.15) is 0 Å². The molecule has 0 saturated carbocycles. The van der Waals surface area contributed by atoms with Gasteiger partial charge in [-0.1, -0.05) is 6.92 Å². The summed E-state index contributed by atoms with van der Waals surface area (Å²) >= 11 is 0. The molecule has 1 aromatic carbocycles. The molecular weight excluding hydrogens is 278 g/mol. The molecule has 21 heavy (non-hydrogen) atoms. The molecule has 0 saturated heterocycles. The molecule has 0 aliphatic rings. The summed E-state index contributed by atoms with van der Waals surface area (Å²) in [5.41, 5.74) is -0.0993. The van der Waals surface area contributed by atoms with Crippen LogP contribution in [0.25, 0.3) is 0 Å². The normalized spacial score (nSPS) is 12.8. The number of likely N-dealkylation sites (N-methyl/N-ethyl adjacent to an activating group) is 1. The van der Waals surface area contributed by atoms with Gasteiger partial charge in [0.15, 0.2) is 0 Å². The van der Waals surface area contributed by atoms with E-state index in [0.29, 0.717) is 6.54 Å². The molecule has 1 rings (SSSR count). The first-order valence-corrected chi connectivity index (χ1v) is 6.98. The Morgan fingerprint density at radius 3 is 2.62 bits per heavy atom. The highest BCUT2D eigenvalue weighted by molar-refractivity contribution is 5.78. The van der Waals surface area contributed by atoms with E-state index in [1.54, 1.807) is 4.90 Å². The van der Waals surface area contributed by atoms with Crippen molar-refractivity contribution in [2.45, 2.75) is 32.9 Å². The van der Waals surface area contributed by atoms with Gasteiger partial charge in [0.05, 0.1) is 12.6 Å². The fraction of sp³-hybridized carbons (Fsp3) is 0.533. The monoisotopic (exact) mass is 300 g/mol. The van der Waals surface area contributed by atoms with Gasteiger partial charge in [0, 0.05) is 18.2 Å². The Hall–Kier alpha value is -1.53. The lowest BCUT2D eigenvalue weighted by molar-refractivity contribution is -0.123. The summed E-state index contributed by atoms with van der Waals surface area (Å²) in [5.74, 6) is -1.43. The lowest BCUT2D eigenvalue weighted by Gasteiger charge is -2.24. The van der Waals surface area contributed by atoms with Crippen LogP contribution in [0.4, 0.5) is 8.78 Å². The highest BCUT2D eigenvalue weighted by atomic mass is 19.1. The van der Waals surface area contributed by atoms with E-state index in [0.717, 1.165) is 18.2 Å². The van der Waals surface area contributed by atoms with Crippen LogP contribution in [0.15, 0.2) is 18.2 Å². The van der Waals surface area contributed by atoms with E-state index in [1.165, 1.54) is 0 Å². The highest BCUT2D eigenvalue weighted by Gasteiger charge is 2.18. The number of benzene rings is 1. The molecule has 0 aromatic heterocycles. The summed E-state index contributed by atoms with van der Waals surface area (Å²) in [6.07, 6.45) is -1.19. The summed E-state index contributed by atoms with van der Waals surface area (Å²) in [5, 5.41) is 12.8. The largest absolute Gasteiger partial charge is 0.387 e. The number of hydrogen-bond acceptors (Lipinski definition) is 3. The van der Waals surface area contributed by atoms with E-state index in [1.807, 2.05) is 20.8 Å². The summed E-state index contributed by atoms with van der Waals surface area (Å²) < 4.78 is 26.7. The minimum atomic E-state index is -1.19. The highest BCUT2D eigenvalue weighted by Crippen LogP contribution is 2.19. The molecule has 4 nitrogen and oxygen atoms in total. The van der Waals surface area contributed by atoms with Crippen molar-refractivity contribution in [1.29, 1.82) is 0 Å². The third-order valence-corrected chi connectivity index (χ3v) is 3.01. The van der Waals surface area contributed by atoms with Gasteiger partial charge in [0.25, 0.3) is 0 Å². The molecule has 118 valence electrons. The molecule has 0 aliphatic heterocycles. The second-order valence-corrected chi connectivity index (χ2v) is 5.23. The van der Waals surface area contributed by atoms with Gasteiger partial charge >= 0.3 is 0 Å². The number of hydrogen-bond donors (Lipinski definition) is 2. The quantitative estimate of drug-likeness (QED) is 0.808. The average molecular weight is 300 g/mol. The van der Waals surface area contributed by atoms with Crippen molar-refractivity contribution in [2.75, 3.05) is 19.6 Å². The van der Waals surface area contributed by atoms with Gasteiger partial charge in [-0.05, 0) is 38.6 Å². The molecular formula is C15H22F2N2O2. The third kappa shape index (κ3) is 5.77. The molecule has 0 aliphatic carbocycles. The number of nitrogens with zero attached hydrogens (tertiary/aromatic N) is 1. The predicted molar refractivity (Wildman–Crippen MR) is 76.7 cm³/mol. The van der Waals surface area contributed by atoms with Crippen molar-refractivity contribution in [2.24, 2.45) is 0 Å². The maximum absolute atomic E-state index is 13.6. The van der Waals surface area contributed by atoms with Gasteiger partial charge in [0.1, 0.15) is 11.6 Å². The molecule has 2 N–H and O–H groups in total. The van der Waals surface area contributed by atoms with E-state index in [4.69, 9.17) is 0 Å². The van der Waals surface area contributed by atoms with Gasteiger partial charge in [-0.25, -0.2) is 8.78 Å². The van der Waals surface area contributed by atoms with E-state index in [2.05, 4.69) is 5.32 Å². The van der Waals surface area contributed by atoms with Crippen LogP contribution >= 0.6 is 0 Å². The van der Waals surface area contributed by atoms with Gasteiger partial charge in [-0.3, -0.25) is 9.69 Å². The second-order valence-electron chi connectivity index (χ2n) is 5.23. The Bertz CT molecular complexity index is 481. The van der Waals surface area contributed by atoms with Crippen LogP contribution in [-0.4, -0.2) is 41.6 Å². The minimum Gasteiger partial charge on any atom is -0.387 e. The number of rotatable bonds is 7. The van der Waals surface area contributed by atoms with Crippen LogP contribution in [-0.2, 0) is 4.79 Å². The zero-order valence-electron chi connectivity index (χ0n) is 12.6. The first kappa shape index (κ1) is 17.5. The van der Waals surface area contributed by atoms with Crippen molar-refractivity contribution in [3.8, 4) is 0 Å². The maximum atomic E-state index is 13.6. The number of nitrogens with one attached hydrogen (secondary N) is 1. The number of aliphatic hydroxyl groups is 1. The summed E-state index contributed by atoms with van der Waals surface area (Å²) in [7, 11) is 0. The molecule has 6 heteroatoms. The number of carbonyl (C=O) groups is 1. The number of aliphatic hydroxyl groups excluding tert-OH is 1. The Morgan fingerprint density at radius 1 is 1.38 bits per heavy atom. The number of amides is 1. The Balaban J connectivity index is 2.68. The van der Waals surface area contributed by atoms with E-state index < -0.39 is 17.7 Å². The van der Waals surface area contributed by atoms with Crippen LogP contribution in [0, 0.1) is 11.6 Å².